The molecule has 0 unspecified atom stereocenters. The lowest BCUT2D eigenvalue weighted by Gasteiger charge is -2.38. The summed E-state index contributed by atoms with van der Waals surface area (Å²) in [7, 11) is 4.00. The van der Waals surface area contributed by atoms with Crippen molar-refractivity contribution < 1.29 is 4.79 Å². The first kappa shape index (κ1) is 15.8. The molecule has 1 amide bonds. The van der Waals surface area contributed by atoms with Crippen molar-refractivity contribution in [2.75, 3.05) is 39.0 Å². The molecule has 1 fully saturated rings. The third-order valence-electron chi connectivity index (χ3n) is 4.56. The van der Waals surface area contributed by atoms with Crippen molar-refractivity contribution in [2.45, 2.75) is 26.7 Å². The van der Waals surface area contributed by atoms with Gasteiger partial charge in [-0.15, -0.1) is 0 Å². The lowest BCUT2D eigenvalue weighted by Crippen LogP contribution is -2.43. The van der Waals surface area contributed by atoms with Crippen molar-refractivity contribution in [3.05, 3.63) is 29.3 Å². The number of likely N-dealkylation sites (tertiary alicyclic amines) is 1. The molecule has 0 spiro atoms. The van der Waals surface area contributed by atoms with Crippen molar-refractivity contribution in [1.82, 2.24) is 10.2 Å². The molecular weight excluding hydrogens is 262 g/mol. The molecule has 1 aliphatic rings. The normalized spacial score (nSPS) is 18.3. The Morgan fingerprint density at radius 1 is 1.33 bits per heavy atom. The van der Waals surface area contributed by atoms with Crippen molar-refractivity contribution >= 4 is 11.6 Å². The van der Waals surface area contributed by atoms with Crippen LogP contribution in [0.3, 0.4) is 0 Å². The number of rotatable bonds is 4. The predicted octanol–water partition coefficient (Wildman–Crippen LogP) is 2.50. The molecule has 0 aliphatic carbocycles. The van der Waals surface area contributed by atoms with Gasteiger partial charge in [-0.25, -0.2) is 0 Å². The molecular formula is C17H27N3O. The number of carbonyl (C=O) groups excluding carboxylic acids is 1. The van der Waals surface area contributed by atoms with Crippen LogP contribution in [0.25, 0.3) is 0 Å². The fourth-order valence-corrected chi connectivity index (χ4v) is 2.79. The maximum atomic E-state index is 12.5. The first-order valence-electron chi connectivity index (χ1n) is 7.69. The highest BCUT2D eigenvalue weighted by atomic mass is 16.1. The fourth-order valence-electron chi connectivity index (χ4n) is 2.79. The highest BCUT2D eigenvalue weighted by Crippen LogP contribution is 2.29. The predicted molar refractivity (Wildman–Crippen MR) is 87.9 cm³/mol. The molecule has 2 rings (SSSR count). The lowest BCUT2D eigenvalue weighted by atomic mass is 9.80. The van der Waals surface area contributed by atoms with Crippen LogP contribution in [0, 0.1) is 12.3 Å². The average molecular weight is 289 g/mol. The third kappa shape index (κ3) is 3.97. The number of hydrogen-bond donors (Lipinski definition) is 2. The zero-order valence-corrected chi connectivity index (χ0v) is 13.6. The number of carbonyl (C=O) groups is 1. The van der Waals surface area contributed by atoms with E-state index < -0.39 is 0 Å². The summed E-state index contributed by atoms with van der Waals surface area (Å²) in [6.45, 7) is 7.25. The minimum atomic E-state index is 0.0169. The lowest BCUT2D eigenvalue weighted by molar-refractivity contribution is 0.0892. The smallest absolute Gasteiger partial charge is 0.253 e. The molecule has 0 aromatic heterocycles. The zero-order chi connectivity index (χ0) is 15.5. The van der Waals surface area contributed by atoms with Gasteiger partial charge in [0.15, 0.2) is 0 Å². The van der Waals surface area contributed by atoms with Crippen LogP contribution in [0.15, 0.2) is 18.2 Å². The summed E-state index contributed by atoms with van der Waals surface area (Å²) in [5.41, 5.74) is 2.93. The minimum absolute atomic E-state index is 0.0169. The largest absolute Gasteiger partial charge is 0.387 e. The summed E-state index contributed by atoms with van der Waals surface area (Å²) in [6.07, 6.45) is 2.27. The molecule has 1 aliphatic heterocycles. The number of nitrogens with one attached hydrogen (secondary N) is 2. The van der Waals surface area contributed by atoms with E-state index >= 15 is 0 Å². The monoisotopic (exact) mass is 289 g/mol. The minimum Gasteiger partial charge on any atom is -0.387 e. The topological polar surface area (TPSA) is 44.4 Å². The van der Waals surface area contributed by atoms with Crippen LogP contribution in [0.1, 0.15) is 35.7 Å². The first-order valence-corrected chi connectivity index (χ1v) is 7.69. The van der Waals surface area contributed by atoms with E-state index in [9.17, 15) is 4.79 Å². The van der Waals surface area contributed by atoms with Crippen LogP contribution in [0.5, 0.6) is 0 Å². The van der Waals surface area contributed by atoms with E-state index in [2.05, 4.69) is 29.5 Å². The van der Waals surface area contributed by atoms with Crippen molar-refractivity contribution in [2.24, 2.45) is 5.41 Å². The number of nitrogens with zero attached hydrogens (tertiary/aromatic N) is 1. The van der Waals surface area contributed by atoms with Gasteiger partial charge in [0.1, 0.15) is 0 Å². The Bertz CT molecular complexity index is 505. The molecule has 0 bridgehead atoms. The van der Waals surface area contributed by atoms with E-state index in [-0.39, 0.29) is 11.3 Å². The maximum Gasteiger partial charge on any atom is 0.253 e. The fraction of sp³-hybridized carbons (Fsp3) is 0.588. The molecule has 4 heteroatoms. The van der Waals surface area contributed by atoms with Crippen LogP contribution < -0.4 is 10.6 Å². The van der Waals surface area contributed by atoms with Crippen LogP contribution in [-0.4, -0.2) is 44.5 Å². The molecule has 1 saturated heterocycles. The van der Waals surface area contributed by atoms with Gasteiger partial charge in [-0.3, -0.25) is 4.79 Å². The van der Waals surface area contributed by atoms with Gasteiger partial charge < -0.3 is 15.5 Å². The number of amides is 1. The van der Waals surface area contributed by atoms with Gasteiger partial charge in [0.05, 0.1) is 5.56 Å². The Balaban J connectivity index is 2.00. The SMILES string of the molecule is CNc1ccc(C)cc1C(=O)NCC1(C)CCN(C)CC1. The standard InChI is InChI=1S/C17H27N3O/c1-13-5-6-15(18-3)14(11-13)16(21)19-12-17(2)7-9-20(4)10-8-17/h5-6,11,18H,7-10,12H2,1-4H3,(H,19,21). The number of piperidine rings is 1. The first-order chi connectivity index (χ1) is 9.93. The molecule has 0 atom stereocenters. The summed E-state index contributed by atoms with van der Waals surface area (Å²) in [5, 5.41) is 6.22. The summed E-state index contributed by atoms with van der Waals surface area (Å²) in [6, 6.07) is 5.92. The van der Waals surface area contributed by atoms with E-state index in [1.165, 1.54) is 0 Å². The Morgan fingerprint density at radius 3 is 2.62 bits per heavy atom. The van der Waals surface area contributed by atoms with Gasteiger partial charge >= 0.3 is 0 Å². The second-order valence-electron chi connectivity index (χ2n) is 6.60. The summed E-state index contributed by atoms with van der Waals surface area (Å²) >= 11 is 0. The van der Waals surface area contributed by atoms with Gasteiger partial charge in [-0.05, 0) is 57.5 Å². The van der Waals surface area contributed by atoms with E-state index in [1.54, 1.807) is 0 Å². The molecule has 0 radical (unpaired) electrons. The molecule has 4 nitrogen and oxygen atoms in total. The molecule has 0 saturated carbocycles. The Kier molecular flexibility index (Phi) is 4.88. The second-order valence-corrected chi connectivity index (χ2v) is 6.60. The summed E-state index contributed by atoms with van der Waals surface area (Å²) < 4.78 is 0. The van der Waals surface area contributed by atoms with E-state index in [0.29, 0.717) is 0 Å². The van der Waals surface area contributed by atoms with E-state index in [4.69, 9.17) is 0 Å². The number of hydrogen-bond acceptors (Lipinski definition) is 3. The van der Waals surface area contributed by atoms with E-state index in [0.717, 1.165) is 49.3 Å². The number of anilines is 1. The molecule has 21 heavy (non-hydrogen) atoms. The zero-order valence-electron chi connectivity index (χ0n) is 13.6. The van der Waals surface area contributed by atoms with Crippen molar-refractivity contribution in [3.63, 3.8) is 0 Å². The van der Waals surface area contributed by atoms with E-state index in [1.807, 2.05) is 32.2 Å². The average Bonchev–Trinajstić information content (AvgIpc) is 2.48. The molecule has 1 heterocycles. The second kappa shape index (κ2) is 6.48. The number of benzene rings is 1. The van der Waals surface area contributed by atoms with Crippen molar-refractivity contribution in [3.8, 4) is 0 Å². The Hall–Kier alpha value is -1.55. The maximum absolute atomic E-state index is 12.5. The van der Waals surface area contributed by atoms with Crippen LogP contribution >= 0.6 is 0 Å². The van der Waals surface area contributed by atoms with Crippen LogP contribution in [0.4, 0.5) is 5.69 Å². The van der Waals surface area contributed by atoms with Crippen LogP contribution in [0.2, 0.25) is 0 Å². The molecule has 1 aromatic rings. The van der Waals surface area contributed by atoms with Gasteiger partial charge in [-0.1, -0.05) is 18.6 Å². The molecule has 1 aromatic carbocycles. The van der Waals surface area contributed by atoms with Gasteiger partial charge in [0.25, 0.3) is 5.91 Å². The highest BCUT2D eigenvalue weighted by Gasteiger charge is 2.29. The summed E-state index contributed by atoms with van der Waals surface area (Å²) in [5.74, 6) is 0.0169. The van der Waals surface area contributed by atoms with Gasteiger partial charge in [-0.2, -0.15) is 0 Å². The van der Waals surface area contributed by atoms with Crippen molar-refractivity contribution in [1.29, 1.82) is 0 Å². The van der Waals surface area contributed by atoms with Gasteiger partial charge in [0.2, 0.25) is 0 Å². The Labute approximate surface area is 127 Å². The Morgan fingerprint density at radius 2 is 2.00 bits per heavy atom. The quantitative estimate of drug-likeness (QED) is 0.895. The molecule has 2 N–H and O–H groups in total. The highest BCUT2D eigenvalue weighted by molar-refractivity contribution is 5.99. The number of aryl methyl sites for hydroxylation is 1. The summed E-state index contributed by atoms with van der Waals surface area (Å²) in [4.78, 5) is 14.8. The third-order valence-corrected chi connectivity index (χ3v) is 4.56. The van der Waals surface area contributed by atoms with Gasteiger partial charge in [0, 0.05) is 19.3 Å². The molecule has 116 valence electrons. The van der Waals surface area contributed by atoms with Crippen LogP contribution in [-0.2, 0) is 0 Å².